The van der Waals surface area contributed by atoms with Crippen LogP contribution in [0.4, 0.5) is 0 Å². The van der Waals surface area contributed by atoms with Crippen LogP contribution < -0.4 is 0 Å². The smallest absolute Gasteiger partial charge is 0.00795 e. The van der Waals surface area contributed by atoms with E-state index in [0.29, 0.717) is 0 Å². The number of hydrogen-bond acceptors (Lipinski definition) is 2. The minimum Gasteiger partial charge on any atom is -0.330 e. The SMILES string of the molecule is CSO.I. The fraction of sp³-hybridized carbons (Fsp3) is 1.00. The van der Waals surface area contributed by atoms with Crippen molar-refractivity contribution in [3.8, 4) is 0 Å². The fourth-order valence-electron chi connectivity index (χ4n) is 0. The first-order valence-electron chi connectivity index (χ1n) is 0.591. The predicted molar refractivity (Wildman–Crippen MR) is 31.6 cm³/mol. The van der Waals surface area contributed by atoms with Crippen LogP contribution >= 0.6 is 36.0 Å². The van der Waals surface area contributed by atoms with Crippen LogP contribution in [0.15, 0.2) is 0 Å². The minimum atomic E-state index is 0. The van der Waals surface area contributed by atoms with Crippen molar-refractivity contribution in [2.45, 2.75) is 0 Å². The molecule has 0 saturated heterocycles. The van der Waals surface area contributed by atoms with E-state index < -0.39 is 0 Å². The molecule has 4 heavy (non-hydrogen) atoms. The molecule has 0 rings (SSSR count). The van der Waals surface area contributed by atoms with E-state index in [-0.39, 0.29) is 24.0 Å². The number of rotatable bonds is 0. The van der Waals surface area contributed by atoms with Gasteiger partial charge in [-0.2, -0.15) is 0 Å². The summed E-state index contributed by atoms with van der Waals surface area (Å²) in [5.41, 5.74) is 0. The molecular formula is CH5IOS. The molecule has 0 aromatic carbocycles. The molecule has 28 valence electrons. The summed E-state index contributed by atoms with van der Waals surface area (Å²) in [6.07, 6.45) is 1.60. The first-order chi connectivity index (χ1) is 1.41. The zero-order valence-corrected chi connectivity index (χ0v) is 5.41. The third-order valence-corrected chi connectivity index (χ3v) is 0. The van der Waals surface area contributed by atoms with Crippen molar-refractivity contribution >= 4 is 36.0 Å². The molecule has 1 N–H and O–H groups in total. The molecule has 0 atom stereocenters. The van der Waals surface area contributed by atoms with Crippen molar-refractivity contribution in [2.75, 3.05) is 6.26 Å². The molecular weight excluding hydrogens is 187 g/mol. The van der Waals surface area contributed by atoms with E-state index >= 15 is 0 Å². The van der Waals surface area contributed by atoms with Crippen molar-refractivity contribution in [3.05, 3.63) is 0 Å². The van der Waals surface area contributed by atoms with E-state index in [0.717, 1.165) is 12.0 Å². The van der Waals surface area contributed by atoms with E-state index in [4.69, 9.17) is 4.55 Å². The first kappa shape index (κ1) is 8.90. The number of hydrogen-bond donors (Lipinski definition) is 1. The van der Waals surface area contributed by atoms with Gasteiger partial charge in [-0.15, -0.1) is 24.0 Å². The van der Waals surface area contributed by atoms with Crippen molar-refractivity contribution in [1.29, 1.82) is 0 Å². The topological polar surface area (TPSA) is 20.2 Å². The Balaban J connectivity index is 0. The standard InChI is InChI=1S/CH4OS.HI/c1-3-2;/h2H,1H3;1H. The summed E-state index contributed by atoms with van der Waals surface area (Å²) in [4.78, 5) is 0. The molecule has 0 aliphatic carbocycles. The highest BCUT2D eigenvalue weighted by atomic mass is 127. The number of halogens is 1. The molecule has 0 saturated carbocycles. The molecule has 0 heterocycles. The second-order valence-electron chi connectivity index (χ2n) is 0.183. The zero-order valence-electron chi connectivity index (χ0n) is 2.26. The summed E-state index contributed by atoms with van der Waals surface area (Å²) in [7, 11) is 0. The maximum absolute atomic E-state index is 7.49. The lowest BCUT2D eigenvalue weighted by atomic mass is 12.0. The van der Waals surface area contributed by atoms with Crippen LogP contribution in [0.1, 0.15) is 0 Å². The van der Waals surface area contributed by atoms with E-state index in [1.54, 1.807) is 6.26 Å². The molecule has 0 aromatic heterocycles. The Hall–Kier alpha value is 1.04. The summed E-state index contributed by atoms with van der Waals surface area (Å²) in [5, 5.41) is 0. The van der Waals surface area contributed by atoms with Gasteiger partial charge in [0.05, 0.1) is 0 Å². The molecule has 0 aliphatic rings. The highest BCUT2D eigenvalue weighted by Crippen LogP contribution is 1.68. The van der Waals surface area contributed by atoms with Gasteiger partial charge in [-0.25, -0.2) is 0 Å². The Morgan fingerprint density at radius 1 is 1.75 bits per heavy atom. The second-order valence-corrected chi connectivity index (χ2v) is 0.548. The summed E-state index contributed by atoms with van der Waals surface area (Å²) < 4.78 is 7.49. The van der Waals surface area contributed by atoms with Crippen molar-refractivity contribution in [1.82, 2.24) is 0 Å². The average Bonchev–Trinajstić information content (AvgIpc) is 0.918. The summed E-state index contributed by atoms with van der Waals surface area (Å²) in [5.74, 6) is 0. The van der Waals surface area contributed by atoms with Gasteiger partial charge >= 0.3 is 0 Å². The van der Waals surface area contributed by atoms with Gasteiger partial charge in [0, 0.05) is 6.26 Å². The van der Waals surface area contributed by atoms with E-state index in [1.165, 1.54) is 0 Å². The minimum absolute atomic E-state index is 0. The molecule has 0 aliphatic heterocycles. The van der Waals surface area contributed by atoms with E-state index in [1.807, 2.05) is 0 Å². The van der Waals surface area contributed by atoms with E-state index in [2.05, 4.69) is 0 Å². The Morgan fingerprint density at radius 3 is 1.75 bits per heavy atom. The first-order valence-corrected chi connectivity index (χ1v) is 1.77. The van der Waals surface area contributed by atoms with Crippen LogP contribution in [0.2, 0.25) is 0 Å². The van der Waals surface area contributed by atoms with Gasteiger partial charge in [0.1, 0.15) is 0 Å². The van der Waals surface area contributed by atoms with Crippen LogP contribution in [0.5, 0.6) is 0 Å². The largest absolute Gasteiger partial charge is 0.330 e. The van der Waals surface area contributed by atoms with Crippen molar-refractivity contribution < 1.29 is 4.55 Å². The third-order valence-electron chi connectivity index (χ3n) is 0. The van der Waals surface area contributed by atoms with Gasteiger partial charge in [0.2, 0.25) is 0 Å². The van der Waals surface area contributed by atoms with Crippen molar-refractivity contribution in [2.24, 2.45) is 0 Å². The fourth-order valence-corrected chi connectivity index (χ4v) is 0. The Labute approximate surface area is 47.0 Å². The lowest BCUT2D eigenvalue weighted by molar-refractivity contribution is 0.669. The maximum Gasteiger partial charge on any atom is 0.00795 e. The molecule has 0 amide bonds. The van der Waals surface area contributed by atoms with Gasteiger partial charge in [-0.05, 0) is 12.0 Å². The van der Waals surface area contributed by atoms with Crippen molar-refractivity contribution in [3.63, 3.8) is 0 Å². The normalized spacial score (nSPS) is 4.50. The van der Waals surface area contributed by atoms with Crippen LogP contribution in [-0.2, 0) is 0 Å². The lowest BCUT2D eigenvalue weighted by Crippen LogP contribution is -1.28. The maximum atomic E-state index is 7.49. The summed E-state index contributed by atoms with van der Waals surface area (Å²) >= 11 is 0.750. The Bertz CT molecular complexity index is 8.00. The predicted octanol–water partition coefficient (Wildman–Crippen LogP) is 1.44. The molecule has 0 radical (unpaired) electrons. The third kappa shape index (κ3) is 11.7. The van der Waals surface area contributed by atoms with Crippen LogP contribution in [0.3, 0.4) is 0 Å². The monoisotopic (exact) mass is 192 g/mol. The molecule has 0 fully saturated rings. The van der Waals surface area contributed by atoms with E-state index in [9.17, 15) is 0 Å². The molecule has 1 nitrogen and oxygen atoms in total. The van der Waals surface area contributed by atoms with Crippen LogP contribution in [-0.4, -0.2) is 10.8 Å². The van der Waals surface area contributed by atoms with Gasteiger partial charge in [-0.1, -0.05) is 0 Å². The van der Waals surface area contributed by atoms with Gasteiger partial charge in [0.25, 0.3) is 0 Å². The van der Waals surface area contributed by atoms with Gasteiger partial charge in [-0.3, -0.25) is 0 Å². The molecule has 0 aromatic rings. The van der Waals surface area contributed by atoms with Gasteiger partial charge in [0.15, 0.2) is 0 Å². The molecule has 0 spiro atoms. The average molecular weight is 192 g/mol. The van der Waals surface area contributed by atoms with Crippen LogP contribution in [0, 0.1) is 0 Å². The molecule has 0 unspecified atom stereocenters. The summed E-state index contributed by atoms with van der Waals surface area (Å²) in [6, 6.07) is 0. The Morgan fingerprint density at radius 2 is 1.75 bits per heavy atom. The summed E-state index contributed by atoms with van der Waals surface area (Å²) in [6.45, 7) is 0. The molecule has 0 bridgehead atoms. The zero-order chi connectivity index (χ0) is 2.71. The van der Waals surface area contributed by atoms with Gasteiger partial charge < -0.3 is 4.55 Å². The highest BCUT2D eigenvalue weighted by molar-refractivity contribution is 14.0. The highest BCUT2D eigenvalue weighted by Gasteiger charge is 1.34. The van der Waals surface area contributed by atoms with Crippen LogP contribution in [0.25, 0.3) is 0 Å². The Kier molecular flexibility index (Phi) is 20.0. The quantitative estimate of drug-likeness (QED) is 0.462. The molecule has 3 heteroatoms. The second kappa shape index (κ2) is 8.97. The lowest BCUT2D eigenvalue weighted by Gasteiger charge is -1.52.